The molecule has 0 aromatic rings. The van der Waals surface area contributed by atoms with Crippen LogP contribution < -0.4 is 5.32 Å². The summed E-state index contributed by atoms with van der Waals surface area (Å²) >= 11 is 0. The van der Waals surface area contributed by atoms with E-state index in [1.165, 1.54) is 44.9 Å². The van der Waals surface area contributed by atoms with E-state index in [-0.39, 0.29) is 0 Å². The average Bonchev–Trinajstić information content (AvgIpc) is 3.04. The van der Waals surface area contributed by atoms with Crippen molar-refractivity contribution in [3.8, 4) is 0 Å². The van der Waals surface area contributed by atoms with E-state index in [4.69, 9.17) is 0 Å². The molecule has 0 aliphatic carbocycles. The minimum absolute atomic E-state index is 0.374. The molecule has 3 heterocycles. The highest BCUT2D eigenvalue weighted by Crippen LogP contribution is 2.35. The van der Waals surface area contributed by atoms with Crippen LogP contribution in [0.25, 0.3) is 0 Å². The van der Waals surface area contributed by atoms with Crippen LogP contribution in [0.2, 0.25) is 0 Å². The third-order valence-electron chi connectivity index (χ3n) is 5.34. The van der Waals surface area contributed by atoms with Gasteiger partial charge in [-0.3, -0.25) is 9.69 Å². The number of nitrogens with one attached hydrogen (secondary N) is 1. The first-order chi connectivity index (χ1) is 9.78. The average molecular weight is 279 g/mol. The summed E-state index contributed by atoms with van der Waals surface area (Å²) in [6, 6.07) is 1.98. The van der Waals surface area contributed by atoms with Crippen LogP contribution in [-0.2, 0) is 4.79 Å². The van der Waals surface area contributed by atoms with Crippen LogP contribution in [-0.4, -0.2) is 60.0 Å². The highest BCUT2D eigenvalue weighted by atomic mass is 16.2. The second kappa shape index (κ2) is 6.44. The minimum atomic E-state index is 0.374. The van der Waals surface area contributed by atoms with Gasteiger partial charge >= 0.3 is 0 Å². The van der Waals surface area contributed by atoms with Gasteiger partial charge in [0, 0.05) is 31.2 Å². The Labute approximate surface area is 122 Å². The van der Waals surface area contributed by atoms with Gasteiger partial charge in [0.1, 0.15) is 0 Å². The Hall–Kier alpha value is -0.610. The van der Waals surface area contributed by atoms with E-state index in [0.29, 0.717) is 30.6 Å². The molecule has 0 aromatic heterocycles. The summed E-state index contributed by atoms with van der Waals surface area (Å²) in [4.78, 5) is 16.9. The molecule has 3 fully saturated rings. The van der Waals surface area contributed by atoms with Crippen molar-refractivity contribution < 1.29 is 4.79 Å². The second-order valence-corrected chi connectivity index (χ2v) is 6.77. The number of hydrogen-bond donors (Lipinski definition) is 1. The summed E-state index contributed by atoms with van der Waals surface area (Å²) in [5, 5.41) is 3.68. The molecule has 3 aliphatic rings. The second-order valence-electron chi connectivity index (χ2n) is 6.77. The fraction of sp³-hybridized carbons (Fsp3) is 0.938. The number of carbonyl (C=O) groups is 1. The van der Waals surface area contributed by atoms with Gasteiger partial charge in [0.2, 0.25) is 5.91 Å². The summed E-state index contributed by atoms with van der Waals surface area (Å²) in [5.74, 6) is 0.374. The van der Waals surface area contributed by atoms with E-state index in [9.17, 15) is 4.79 Å². The van der Waals surface area contributed by atoms with Gasteiger partial charge in [-0.2, -0.15) is 0 Å². The minimum Gasteiger partial charge on any atom is -0.342 e. The van der Waals surface area contributed by atoms with Crippen LogP contribution >= 0.6 is 0 Å². The molecule has 3 aliphatic heterocycles. The molecule has 114 valence electrons. The molecule has 0 aromatic carbocycles. The van der Waals surface area contributed by atoms with E-state index in [2.05, 4.69) is 22.0 Å². The van der Waals surface area contributed by atoms with E-state index in [0.717, 1.165) is 19.6 Å². The van der Waals surface area contributed by atoms with Crippen molar-refractivity contribution in [2.45, 2.75) is 70.0 Å². The fourth-order valence-corrected chi connectivity index (χ4v) is 4.27. The van der Waals surface area contributed by atoms with E-state index >= 15 is 0 Å². The third-order valence-corrected chi connectivity index (χ3v) is 5.34. The largest absolute Gasteiger partial charge is 0.342 e. The van der Waals surface area contributed by atoms with Gasteiger partial charge in [0.05, 0.1) is 6.54 Å². The topological polar surface area (TPSA) is 35.6 Å². The van der Waals surface area contributed by atoms with Crippen molar-refractivity contribution in [2.24, 2.45) is 0 Å². The number of hydrogen-bond acceptors (Lipinski definition) is 3. The predicted octanol–water partition coefficient (Wildman–Crippen LogP) is 1.60. The summed E-state index contributed by atoms with van der Waals surface area (Å²) in [6.07, 6.45) is 8.67. The maximum atomic E-state index is 12.4. The quantitative estimate of drug-likeness (QED) is 0.830. The molecule has 4 heteroatoms. The zero-order chi connectivity index (χ0) is 13.9. The van der Waals surface area contributed by atoms with Gasteiger partial charge in [-0.05, 0) is 51.5 Å². The lowest BCUT2D eigenvalue weighted by Crippen LogP contribution is -2.52. The molecule has 2 unspecified atom stereocenters. The van der Waals surface area contributed by atoms with Gasteiger partial charge in [0.15, 0.2) is 0 Å². The number of fused-ring (bicyclic) bond motifs is 2. The van der Waals surface area contributed by atoms with Crippen LogP contribution in [0, 0.1) is 0 Å². The smallest absolute Gasteiger partial charge is 0.236 e. The summed E-state index contributed by atoms with van der Waals surface area (Å²) in [6.45, 7) is 6.02. The monoisotopic (exact) mass is 279 g/mol. The highest BCUT2D eigenvalue weighted by molar-refractivity contribution is 5.78. The van der Waals surface area contributed by atoms with Crippen molar-refractivity contribution in [1.29, 1.82) is 0 Å². The Bertz CT molecular complexity index is 327. The van der Waals surface area contributed by atoms with Gasteiger partial charge < -0.3 is 10.2 Å². The number of amides is 1. The molecule has 20 heavy (non-hydrogen) atoms. The summed E-state index contributed by atoms with van der Waals surface area (Å²) in [7, 11) is 0. The lowest BCUT2D eigenvalue weighted by atomic mass is 9.97. The molecular formula is C16H29N3O. The molecule has 1 N–H and O–H groups in total. The molecule has 2 bridgehead atoms. The van der Waals surface area contributed by atoms with Crippen molar-refractivity contribution >= 4 is 5.91 Å². The van der Waals surface area contributed by atoms with Gasteiger partial charge in [0.25, 0.3) is 0 Å². The normalized spacial score (nSPS) is 33.9. The first-order valence-electron chi connectivity index (χ1n) is 8.55. The van der Waals surface area contributed by atoms with E-state index in [1.807, 2.05) is 0 Å². The first-order valence-corrected chi connectivity index (χ1v) is 8.55. The molecule has 3 rings (SSSR count). The summed E-state index contributed by atoms with van der Waals surface area (Å²) < 4.78 is 0. The Balaban J connectivity index is 1.52. The first kappa shape index (κ1) is 14.3. The number of likely N-dealkylation sites (tertiary alicyclic amines) is 1. The SMILES string of the molecule is CCCNC1CC2CCC(C1)N2CC(=O)N1CCCC1. The Morgan fingerprint density at radius 1 is 1.15 bits per heavy atom. The Morgan fingerprint density at radius 2 is 1.80 bits per heavy atom. The number of piperidine rings is 1. The zero-order valence-electron chi connectivity index (χ0n) is 12.8. The van der Waals surface area contributed by atoms with Crippen molar-refractivity contribution in [3.63, 3.8) is 0 Å². The third kappa shape index (κ3) is 3.01. The fourth-order valence-electron chi connectivity index (χ4n) is 4.27. The van der Waals surface area contributed by atoms with E-state index < -0.39 is 0 Å². The van der Waals surface area contributed by atoms with Crippen molar-refractivity contribution in [2.75, 3.05) is 26.2 Å². The number of carbonyl (C=O) groups excluding carboxylic acids is 1. The lowest BCUT2D eigenvalue weighted by Gasteiger charge is -2.39. The number of rotatable bonds is 5. The molecule has 2 atom stereocenters. The van der Waals surface area contributed by atoms with E-state index in [1.54, 1.807) is 0 Å². The van der Waals surface area contributed by atoms with Gasteiger partial charge in [-0.15, -0.1) is 0 Å². The predicted molar refractivity (Wildman–Crippen MR) is 80.6 cm³/mol. The van der Waals surface area contributed by atoms with Crippen molar-refractivity contribution in [3.05, 3.63) is 0 Å². The molecule has 0 radical (unpaired) electrons. The summed E-state index contributed by atoms with van der Waals surface area (Å²) in [5.41, 5.74) is 0. The maximum Gasteiger partial charge on any atom is 0.236 e. The molecule has 4 nitrogen and oxygen atoms in total. The van der Waals surface area contributed by atoms with Gasteiger partial charge in [-0.25, -0.2) is 0 Å². The number of nitrogens with zero attached hydrogens (tertiary/aromatic N) is 2. The molecule has 0 saturated carbocycles. The highest BCUT2D eigenvalue weighted by Gasteiger charge is 2.41. The van der Waals surface area contributed by atoms with Crippen LogP contribution in [0.3, 0.4) is 0 Å². The van der Waals surface area contributed by atoms with Crippen LogP contribution in [0.4, 0.5) is 0 Å². The molecular weight excluding hydrogens is 250 g/mol. The standard InChI is InChI=1S/C16H29N3O/c1-2-7-17-13-10-14-5-6-15(11-13)19(14)12-16(20)18-8-3-4-9-18/h13-15,17H,2-12H2,1H3. The lowest BCUT2D eigenvalue weighted by molar-refractivity contribution is -0.132. The molecule has 1 amide bonds. The Morgan fingerprint density at radius 3 is 2.40 bits per heavy atom. The van der Waals surface area contributed by atoms with Crippen LogP contribution in [0.15, 0.2) is 0 Å². The maximum absolute atomic E-state index is 12.4. The van der Waals surface area contributed by atoms with Crippen molar-refractivity contribution in [1.82, 2.24) is 15.1 Å². The zero-order valence-corrected chi connectivity index (χ0v) is 12.8. The van der Waals surface area contributed by atoms with Gasteiger partial charge in [-0.1, -0.05) is 6.92 Å². The Kier molecular flexibility index (Phi) is 4.61. The van der Waals surface area contributed by atoms with Crippen LogP contribution in [0.5, 0.6) is 0 Å². The molecule has 3 saturated heterocycles. The molecule has 0 spiro atoms. The van der Waals surface area contributed by atoms with Crippen LogP contribution in [0.1, 0.15) is 51.9 Å².